The Morgan fingerprint density at radius 1 is 1.32 bits per heavy atom. The van der Waals surface area contributed by atoms with Gasteiger partial charge in [-0.3, -0.25) is 0 Å². The highest BCUT2D eigenvalue weighted by molar-refractivity contribution is 9.10. The lowest BCUT2D eigenvalue weighted by molar-refractivity contribution is 0.0529. The Morgan fingerprint density at radius 3 is 2.60 bits per heavy atom. The van der Waals surface area contributed by atoms with E-state index in [4.69, 9.17) is 22.1 Å². The number of nitrogen functional groups attached to an aromatic ring is 1. The van der Waals surface area contributed by atoms with E-state index in [0.717, 1.165) is 16.5 Å². The van der Waals surface area contributed by atoms with Crippen LogP contribution in [0.3, 0.4) is 0 Å². The molecule has 6 heteroatoms. The zero-order chi connectivity index (χ0) is 18.3. The average molecular weight is 432 g/mol. The maximum absolute atomic E-state index is 12.1. The van der Waals surface area contributed by atoms with E-state index < -0.39 is 0 Å². The summed E-state index contributed by atoms with van der Waals surface area (Å²) in [7, 11) is 0. The number of carbonyl (C=O) groups excluding carboxylic acids is 1. The molecule has 0 spiro atoms. The summed E-state index contributed by atoms with van der Waals surface area (Å²) >= 11 is 9.04. The van der Waals surface area contributed by atoms with E-state index in [-0.39, 0.29) is 24.0 Å². The van der Waals surface area contributed by atoms with E-state index in [9.17, 15) is 4.79 Å². The maximum Gasteiger partial charge on any atom is 0.338 e. The van der Waals surface area contributed by atoms with Crippen molar-refractivity contribution in [1.82, 2.24) is 5.32 Å². The van der Waals surface area contributed by atoms with Crippen molar-refractivity contribution in [2.24, 2.45) is 0 Å². The molecule has 4 nitrogen and oxygen atoms in total. The van der Waals surface area contributed by atoms with Crippen LogP contribution in [0, 0.1) is 0 Å². The third-order valence-corrected chi connectivity index (χ3v) is 5.96. The topological polar surface area (TPSA) is 64.3 Å². The minimum Gasteiger partial charge on any atom is -0.461 e. The van der Waals surface area contributed by atoms with Gasteiger partial charge in [0.2, 0.25) is 0 Å². The van der Waals surface area contributed by atoms with Gasteiger partial charge in [0.1, 0.15) is 6.61 Å². The molecule has 0 bridgehead atoms. The molecule has 140 valence electrons. The van der Waals surface area contributed by atoms with Crippen LogP contribution in [0.25, 0.3) is 0 Å². The van der Waals surface area contributed by atoms with Gasteiger partial charge >= 0.3 is 5.97 Å². The standard InChI is InChI=1S/C19H28BrClN2O2/c1-2-19(7-5-3-4-6-8-19)23-13-15-11-14(12-16(20)17(15)22)18(24)25-10-9-21/h11-12,23H,2-10,13,22H2,1H3. The van der Waals surface area contributed by atoms with Gasteiger partial charge in [-0.15, -0.1) is 11.6 Å². The largest absolute Gasteiger partial charge is 0.461 e. The fourth-order valence-electron chi connectivity index (χ4n) is 3.50. The fraction of sp³-hybridized carbons (Fsp3) is 0.632. The molecule has 1 aliphatic rings. The lowest BCUT2D eigenvalue weighted by atomic mass is 9.87. The van der Waals surface area contributed by atoms with Crippen LogP contribution >= 0.6 is 27.5 Å². The fourth-order valence-corrected chi connectivity index (χ4v) is 4.08. The Labute approximate surface area is 164 Å². The lowest BCUT2D eigenvalue weighted by Gasteiger charge is -2.33. The molecule has 0 amide bonds. The Hall–Kier alpha value is -0.780. The number of anilines is 1. The Bertz CT molecular complexity index is 587. The van der Waals surface area contributed by atoms with Gasteiger partial charge in [-0.05, 0) is 52.9 Å². The number of hydrogen-bond donors (Lipinski definition) is 2. The monoisotopic (exact) mass is 430 g/mol. The Balaban J connectivity index is 2.14. The number of hydrogen-bond acceptors (Lipinski definition) is 4. The number of halogens is 2. The number of ether oxygens (including phenoxy) is 1. The molecule has 2 rings (SSSR count). The van der Waals surface area contributed by atoms with Crippen LogP contribution in [0.2, 0.25) is 0 Å². The predicted octanol–water partition coefficient (Wildman–Crippen LogP) is 5.02. The molecule has 0 aromatic heterocycles. The molecular weight excluding hydrogens is 404 g/mol. The third-order valence-electron chi connectivity index (χ3n) is 5.15. The molecular formula is C19H28BrClN2O2. The van der Waals surface area contributed by atoms with Crippen molar-refractivity contribution < 1.29 is 9.53 Å². The first-order valence-electron chi connectivity index (χ1n) is 9.07. The average Bonchev–Trinajstić information content (AvgIpc) is 2.87. The summed E-state index contributed by atoms with van der Waals surface area (Å²) in [6.07, 6.45) is 8.67. The summed E-state index contributed by atoms with van der Waals surface area (Å²) in [5, 5.41) is 3.74. The Kier molecular flexibility index (Phi) is 8.04. The molecule has 1 fully saturated rings. The second kappa shape index (κ2) is 9.79. The van der Waals surface area contributed by atoms with Gasteiger partial charge in [-0.1, -0.05) is 32.6 Å². The smallest absolute Gasteiger partial charge is 0.338 e. The first-order chi connectivity index (χ1) is 12.0. The number of benzene rings is 1. The van der Waals surface area contributed by atoms with Crippen molar-refractivity contribution in [3.05, 3.63) is 27.7 Å². The third kappa shape index (κ3) is 5.60. The molecule has 0 radical (unpaired) electrons. The first kappa shape index (κ1) is 20.5. The Morgan fingerprint density at radius 2 is 2.00 bits per heavy atom. The number of nitrogens with one attached hydrogen (secondary N) is 1. The quantitative estimate of drug-likeness (QED) is 0.275. The van der Waals surface area contributed by atoms with Crippen LogP contribution in [0.4, 0.5) is 5.69 Å². The molecule has 0 aliphatic heterocycles. The molecule has 1 aromatic carbocycles. The second-order valence-corrected chi connectivity index (χ2v) is 7.99. The number of esters is 1. The van der Waals surface area contributed by atoms with E-state index >= 15 is 0 Å². The van der Waals surface area contributed by atoms with Gasteiger partial charge in [0.15, 0.2) is 0 Å². The number of alkyl halides is 1. The van der Waals surface area contributed by atoms with Gasteiger partial charge in [-0.2, -0.15) is 0 Å². The lowest BCUT2D eigenvalue weighted by Crippen LogP contribution is -2.43. The highest BCUT2D eigenvalue weighted by Crippen LogP contribution is 2.32. The van der Waals surface area contributed by atoms with Crippen LogP contribution in [-0.2, 0) is 11.3 Å². The van der Waals surface area contributed by atoms with Crippen molar-refractivity contribution in [1.29, 1.82) is 0 Å². The highest BCUT2D eigenvalue weighted by atomic mass is 79.9. The van der Waals surface area contributed by atoms with Crippen molar-refractivity contribution >= 4 is 39.2 Å². The summed E-state index contributed by atoms with van der Waals surface area (Å²) < 4.78 is 5.84. The van der Waals surface area contributed by atoms with Gasteiger partial charge in [0.05, 0.1) is 17.1 Å². The number of nitrogens with two attached hydrogens (primary N) is 1. The molecule has 0 heterocycles. The minimum atomic E-state index is -0.373. The molecule has 25 heavy (non-hydrogen) atoms. The minimum absolute atomic E-state index is 0.171. The summed E-state index contributed by atoms with van der Waals surface area (Å²) in [5.74, 6) is -0.0859. The second-order valence-electron chi connectivity index (χ2n) is 6.76. The number of carbonyl (C=O) groups is 1. The normalized spacial score (nSPS) is 17.1. The van der Waals surface area contributed by atoms with E-state index in [2.05, 4.69) is 28.2 Å². The summed E-state index contributed by atoms with van der Waals surface area (Å²) in [6, 6.07) is 3.53. The zero-order valence-electron chi connectivity index (χ0n) is 14.9. The highest BCUT2D eigenvalue weighted by Gasteiger charge is 2.28. The number of rotatable bonds is 7. The van der Waals surface area contributed by atoms with Gasteiger partial charge in [-0.25, -0.2) is 4.79 Å². The van der Waals surface area contributed by atoms with Crippen LogP contribution in [0.1, 0.15) is 67.8 Å². The first-order valence-corrected chi connectivity index (χ1v) is 10.4. The molecule has 0 saturated heterocycles. The SMILES string of the molecule is CCC1(NCc2cc(C(=O)OCCCl)cc(Br)c2N)CCCCCC1. The van der Waals surface area contributed by atoms with Gasteiger partial charge < -0.3 is 15.8 Å². The molecule has 0 atom stereocenters. The van der Waals surface area contributed by atoms with Crippen molar-refractivity contribution in [2.45, 2.75) is 64.0 Å². The molecule has 0 unspecified atom stereocenters. The summed E-state index contributed by atoms with van der Waals surface area (Å²) in [5.41, 5.74) is 8.48. The molecule has 1 saturated carbocycles. The van der Waals surface area contributed by atoms with Crippen molar-refractivity contribution in [2.75, 3.05) is 18.2 Å². The zero-order valence-corrected chi connectivity index (χ0v) is 17.2. The molecule has 3 N–H and O–H groups in total. The van der Waals surface area contributed by atoms with Gasteiger partial charge in [0.25, 0.3) is 0 Å². The summed E-state index contributed by atoms with van der Waals surface area (Å²) in [4.78, 5) is 12.1. The van der Waals surface area contributed by atoms with Gasteiger partial charge in [0, 0.05) is 16.6 Å². The van der Waals surface area contributed by atoms with Crippen molar-refractivity contribution in [3.63, 3.8) is 0 Å². The van der Waals surface area contributed by atoms with Crippen LogP contribution < -0.4 is 11.1 Å². The van der Waals surface area contributed by atoms with E-state index in [1.165, 1.54) is 38.5 Å². The molecule has 1 aliphatic carbocycles. The van der Waals surface area contributed by atoms with Crippen LogP contribution in [-0.4, -0.2) is 24.0 Å². The van der Waals surface area contributed by atoms with Crippen LogP contribution in [0.15, 0.2) is 16.6 Å². The van der Waals surface area contributed by atoms with Crippen molar-refractivity contribution in [3.8, 4) is 0 Å². The van der Waals surface area contributed by atoms with Crippen LogP contribution in [0.5, 0.6) is 0 Å². The molecule has 1 aromatic rings. The van der Waals surface area contributed by atoms with E-state index in [1.807, 2.05) is 6.07 Å². The summed E-state index contributed by atoms with van der Waals surface area (Å²) in [6.45, 7) is 3.10. The maximum atomic E-state index is 12.1. The predicted molar refractivity (Wildman–Crippen MR) is 107 cm³/mol. The van der Waals surface area contributed by atoms with E-state index in [0.29, 0.717) is 17.8 Å². The van der Waals surface area contributed by atoms with E-state index in [1.54, 1.807) is 6.07 Å².